The molecule has 0 aromatic heterocycles. The lowest BCUT2D eigenvalue weighted by molar-refractivity contribution is 0.0120. The van der Waals surface area contributed by atoms with Gasteiger partial charge in [-0.05, 0) is 36.1 Å². The topological polar surface area (TPSA) is 27.7 Å². The van der Waals surface area contributed by atoms with Gasteiger partial charge in [-0.1, -0.05) is 28.8 Å². The summed E-state index contributed by atoms with van der Waals surface area (Å²) in [6.07, 6.45) is 5.11. The van der Waals surface area contributed by atoms with E-state index in [4.69, 9.17) is 14.2 Å². The van der Waals surface area contributed by atoms with E-state index in [-0.39, 0.29) is 11.5 Å². The van der Waals surface area contributed by atoms with Crippen LogP contribution in [0.1, 0.15) is 42.9 Å². The van der Waals surface area contributed by atoms with Crippen molar-refractivity contribution in [1.29, 1.82) is 0 Å². The van der Waals surface area contributed by atoms with Gasteiger partial charge in [0.25, 0.3) is 0 Å². The second kappa shape index (κ2) is 5.57. The Hall–Kier alpha value is -0.740. The Morgan fingerprint density at radius 2 is 1.85 bits per heavy atom. The molecule has 4 heteroatoms. The Morgan fingerprint density at radius 3 is 2.45 bits per heavy atom. The monoisotopic (exact) mass is 340 g/mol. The zero-order chi connectivity index (χ0) is 14.2. The molecule has 1 saturated carbocycles. The molecule has 1 unspecified atom stereocenters. The molecular weight excluding hydrogens is 320 g/mol. The molecule has 1 aliphatic heterocycles. The molecule has 0 amide bonds. The van der Waals surface area contributed by atoms with Crippen molar-refractivity contribution < 1.29 is 14.2 Å². The largest absolute Gasteiger partial charge is 0.493 e. The zero-order valence-electron chi connectivity index (χ0n) is 12.1. The number of benzene rings is 1. The van der Waals surface area contributed by atoms with Crippen molar-refractivity contribution in [2.45, 2.75) is 37.2 Å². The molecule has 1 aromatic rings. The van der Waals surface area contributed by atoms with Crippen molar-refractivity contribution in [2.75, 3.05) is 26.2 Å². The second-order valence-electron chi connectivity index (χ2n) is 5.74. The first-order valence-corrected chi connectivity index (χ1v) is 8.30. The Labute approximate surface area is 128 Å². The van der Waals surface area contributed by atoms with Gasteiger partial charge in [0.2, 0.25) is 0 Å². The van der Waals surface area contributed by atoms with E-state index < -0.39 is 0 Å². The van der Waals surface area contributed by atoms with E-state index >= 15 is 0 Å². The third-order valence-electron chi connectivity index (χ3n) is 4.74. The molecule has 0 N–H and O–H groups in total. The van der Waals surface area contributed by atoms with Crippen molar-refractivity contribution in [3.63, 3.8) is 0 Å². The maximum absolute atomic E-state index is 6.12. The fraction of sp³-hybridized carbons (Fsp3) is 0.625. The highest BCUT2D eigenvalue weighted by Gasteiger charge is 2.43. The summed E-state index contributed by atoms with van der Waals surface area (Å²) in [5.41, 5.74) is 2.85. The van der Waals surface area contributed by atoms with Gasteiger partial charge in [0.15, 0.2) is 11.5 Å². The van der Waals surface area contributed by atoms with Gasteiger partial charge in [0, 0.05) is 10.7 Å². The van der Waals surface area contributed by atoms with Crippen LogP contribution in [0, 0.1) is 0 Å². The SMILES string of the molecule is COc1cc2c(cc1OC)C1(CCCC1)COC2CBr. The summed E-state index contributed by atoms with van der Waals surface area (Å²) in [5.74, 6) is 1.61. The lowest BCUT2D eigenvalue weighted by atomic mass is 9.74. The van der Waals surface area contributed by atoms with Gasteiger partial charge in [0.1, 0.15) is 0 Å². The highest BCUT2D eigenvalue weighted by molar-refractivity contribution is 9.09. The van der Waals surface area contributed by atoms with Crippen LogP contribution in [-0.2, 0) is 10.2 Å². The molecule has 110 valence electrons. The number of fused-ring (bicyclic) bond motifs is 2. The maximum atomic E-state index is 6.12. The lowest BCUT2D eigenvalue weighted by Crippen LogP contribution is -2.36. The fourth-order valence-corrected chi connectivity index (χ4v) is 4.18. The van der Waals surface area contributed by atoms with Crippen molar-refractivity contribution in [3.8, 4) is 11.5 Å². The smallest absolute Gasteiger partial charge is 0.161 e. The van der Waals surface area contributed by atoms with E-state index in [2.05, 4.69) is 28.1 Å². The van der Waals surface area contributed by atoms with Crippen LogP contribution in [0.5, 0.6) is 11.5 Å². The Kier molecular flexibility index (Phi) is 3.95. The van der Waals surface area contributed by atoms with E-state index in [9.17, 15) is 0 Å². The third kappa shape index (κ3) is 2.13. The third-order valence-corrected chi connectivity index (χ3v) is 5.32. The molecule has 2 aliphatic rings. The van der Waals surface area contributed by atoms with Crippen molar-refractivity contribution in [3.05, 3.63) is 23.3 Å². The molecule has 1 spiro atoms. The summed E-state index contributed by atoms with van der Waals surface area (Å²) in [5, 5.41) is 0.811. The fourth-order valence-electron chi connectivity index (χ4n) is 3.64. The first-order chi connectivity index (χ1) is 9.74. The summed E-state index contributed by atoms with van der Waals surface area (Å²) in [6.45, 7) is 0.825. The second-order valence-corrected chi connectivity index (χ2v) is 6.38. The molecule has 0 radical (unpaired) electrons. The average Bonchev–Trinajstić information content (AvgIpc) is 2.96. The molecule has 1 heterocycles. The van der Waals surface area contributed by atoms with Gasteiger partial charge < -0.3 is 14.2 Å². The van der Waals surface area contributed by atoms with Gasteiger partial charge in [0.05, 0.1) is 26.9 Å². The molecule has 0 saturated heterocycles. The number of alkyl halides is 1. The van der Waals surface area contributed by atoms with Gasteiger partial charge in [-0.3, -0.25) is 0 Å². The van der Waals surface area contributed by atoms with Gasteiger partial charge in [-0.25, -0.2) is 0 Å². The summed E-state index contributed by atoms with van der Waals surface area (Å²) < 4.78 is 17.1. The van der Waals surface area contributed by atoms with Crippen LogP contribution >= 0.6 is 15.9 Å². The van der Waals surface area contributed by atoms with Crippen LogP contribution in [-0.4, -0.2) is 26.2 Å². The van der Waals surface area contributed by atoms with Crippen LogP contribution in [0.25, 0.3) is 0 Å². The molecule has 1 fully saturated rings. The van der Waals surface area contributed by atoms with Crippen LogP contribution in [0.15, 0.2) is 12.1 Å². The predicted octanol–water partition coefficient (Wildman–Crippen LogP) is 3.98. The van der Waals surface area contributed by atoms with E-state index in [1.54, 1.807) is 14.2 Å². The summed E-state index contributed by atoms with van der Waals surface area (Å²) in [7, 11) is 3.38. The van der Waals surface area contributed by atoms with Crippen LogP contribution < -0.4 is 9.47 Å². The van der Waals surface area contributed by atoms with Gasteiger partial charge in [-0.2, -0.15) is 0 Å². The summed E-state index contributed by atoms with van der Waals surface area (Å²) in [6, 6.07) is 4.27. The normalized spacial score (nSPS) is 23.6. The summed E-state index contributed by atoms with van der Waals surface area (Å²) in [4.78, 5) is 0. The number of hydrogen-bond acceptors (Lipinski definition) is 3. The van der Waals surface area contributed by atoms with E-state index in [1.807, 2.05) is 0 Å². The molecule has 1 aliphatic carbocycles. The Morgan fingerprint density at radius 1 is 1.20 bits per heavy atom. The van der Waals surface area contributed by atoms with E-state index in [0.717, 1.165) is 23.4 Å². The Bertz CT molecular complexity index is 495. The van der Waals surface area contributed by atoms with Gasteiger partial charge in [-0.15, -0.1) is 0 Å². The molecule has 3 rings (SSSR count). The quantitative estimate of drug-likeness (QED) is 0.779. The first kappa shape index (κ1) is 14.2. The average molecular weight is 341 g/mol. The van der Waals surface area contributed by atoms with Crippen LogP contribution in [0.4, 0.5) is 0 Å². The predicted molar refractivity (Wildman–Crippen MR) is 82.2 cm³/mol. The van der Waals surface area contributed by atoms with E-state index in [1.165, 1.54) is 36.8 Å². The molecule has 1 atom stereocenters. The highest BCUT2D eigenvalue weighted by atomic mass is 79.9. The van der Waals surface area contributed by atoms with E-state index in [0.29, 0.717) is 0 Å². The van der Waals surface area contributed by atoms with Crippen LogP contribution in [0.2, 0.25) is 0 Å². The minimum atomic E-state index is 0.107. The number of methoxy groups -OCH3 is 2. The minimum absolute atomic E-state index is 0.107. The number of halogens is 1. The van der Waals surface area contributed by atoms with Gasteiger partial charge >= 0.3 is 0 Å². The maximum Gasteiger partial charge on any atom is 0.161 e. The molecule has 20 heavy (non-hydrogen) atoms. The molecular formula is C16H21BrO3. The molecule has 3 nitrogen and oxygen atoms in total. The minimum Gasteiger partial charge on any atom is -0.493 e. The highest BCUT2D eigenvalue weighted by Crippen LogP contribution is 2.50. The van der Waals surface area contributed by atoms with Crippen molar-refractivity contribution >= 4 is 15.9 Å². The first-order valence-electron chi connectivity index (χ1n) is 7.18. The van der Waals surface area contributed by atoms with Crippen molar-refractivity contribution in [2.24, 2.45) is 0 Å². The van der Waals surface area contributed by atoms with Crippen LogP contribution in [0.3, 0.4) is 0 Å². The lowest BCUT2D eigenvalue weighted by Gasteiger charge is -2.39. The van der Waals surface area contributed by atoms with Crippen molar-refractivity contribution in [1.82, 2.24) is 0 Å². The summed E-state index contributed by atoms with van der Waals surface area (Å²) >= 11 is 3.56. The molecule has 0 bridgehead atoms. The number of rotatable bonds is 3. The number of ether oxygens (including phenoxy) is 3. The standard InChI is InChI=1S/C16H21BrO3/c1-18-13-7-11-12(8-14(13)19-2)16(5-3-4-6-16)10-20-15(11)9-17/h7-8,15H,3-6,9-10H2,1-2H3. The Balaban J connectivity index is 2.14. The molecule has 1 aromatic carbocycles. The zero-order valence-corrected chi connectivity index (χ0v) is 13.7. The number of hydrogen-bond donors (Lipinski definition) is 0.